The van der Waals surface area contributed by atoms with Crippen LogP contribution in [0.5, 0.6) is 0 Å². The van der Waals surface area contributed by atoms with Crippen molar-refractivity contribution in [3.8, 4) is 0 Å². The number of nitrogens with zero attached hydrogens (tertiary/aromatic N) is 1. The van der Waals surface area contributed by atoms with Crippen LogP contribution in [0.2, 0.25) is 0 Å². The predicted molar refractivity (Wildman–Crippen MR) is 70.0 cm³/mol. The van der Waals surface area contributed by atoms with Crippen LogP contribution in [0.25, 0.3) is 0 Å². The molecular weight excluding hydrogens is 248 g/mol. The Kier molecular flexibility index (Phi) is 4.86. The van der Waals surface area contributed by atoms with Crippen LogP contribution in [-0.2, 0) is 11.8 Å². The molecule has 0 aromatic carbocycles. The van der Waals surface area contributed by atoms with E-state index in [1.807, 2.05) is 13.8 Å². The number of carbonyl (C=O) groups is 2. The minimum Gasteiger partial charge on any atom is -0.480 e. The molecule has 0 aliphatic heterocycles. The molecule has 0 saturated carbocycles. The van der Waals surface area contributed by atoms with E-state index in [1.54, 1.807) is 6.07 Å². The molecule has 19 heavy (non-hydrogen) atoms. The van der Waals surface area contributed by atoms with E-state index in [4.69, 9.17) is 5.11 Å². The quantitative estimate of drug-likeness (QED) is 0.817. The number of carboxylic acid groups (broad SMARTS) is 1. The van der Waals surface area contributed by atoms with Gasteiger partial charge in [-0.1, -0.05) is 13.8 Å². The van der Waals surface area contributed by atoms with Crippen molar-refractivity contribution in [2.24, 2.45) is 13.0 Å². The Bertz CT molecular complexity index is 534. The zero-order chi connectivity index (χ0) is 14.6. The summed E-state index contributed by atoms with van der Waals surface area (Å²) in [6, 6.07) is 1.96. The van der Waals surface area contributed by atoms with Gasteiger partial charge in [0.1, 0.15) is 11.6 Å². The van der Waals surface area contributed by atoms with E-state index < -0.39 is 23.5 Å². The second-order valence-corrected chi connectivity index (χ2v) is 4.83. The van der Waals surface area contributed by atoms with Gasteiger partial charge in [-0.3, -0.25) is 9.59 Å². The molecule has 2 N–H and O–H groups in total. The van der Waals surface area contributed by atoms with Crippen LogP contribution in [0.15, 0.2) is 23.1 Å². The van der Waals surface area contributed by atoms with Crippen LogP contribution in [0.3, 0.4) is 0 Å². The topological polar surface area (TPSA) is 88.4 Å². The van der Waals surface area contributed by atoms with Crippen molar-refractivity contribution in [2.45, 2.75) is 26.3 Å². The molecule has 1 aromatic heterocycles. The van der Waals surface area contributed by atoms with Crippen molar-refractivity contribution in [1.82, 2.24) is 9.88 Å². The lowest BCUT2D eigenvalue weighted by molar-refractivity contribution is -0.139. The molecular formula is C13H18N2O4. The normalized spacial score (nSPS) is 12.2. The van der Waals surface area contributed by atoms with Gasteiger partial charge in [-0.05, 0) is 24.5 Å². The number of rotatable bonds is 5. The molecule has 1 aromatic rings. The van der Waals surface area contributed by atoms with E-state index in [-0.39, 0.29) is 11.5 Å². The Morgan fingerprint density at radius 2 is 2.05 bits per heavy atom. The highest BCUT2D eigenvalue weighted by atomic mass is 16.4. The first-order chi connectivity index (χ1) is 8.82. The highest BCUT2D eigenvalue weighted by molar-refractivity contribution is 5.96. The molecule has 6 nitrogen and oxygen atoms in total. The van der Waals surface area contributed by atoms with Crippen LogP contribution < -0.4 is 10.9 Å². The van der Waals surface area contributed by atoms with Gasteiger partial charge in [0.05, 0.1) is 0 Å². The Hall–Kier alpha value is -2.11. The summed E-state index contributed by atoms with van der Waals surface area (Å²) in [5.41, 5.74) is -0.506. The molecule has 1 rings (SSSR count). The summed E-state index contributed by atoms with van der Waals surface area (Å²) in [4.78, 5) is 34.7. The summed E-state index contributed by atoms with van der Waals surface area (Å²) in [7, 11) is 1.53. The number of carbonyl (C=O) groups excluding carboxylic acids is 1. The first-order valence-corrected chi connectivity index (χ1v) is 6.02. The summed E-state index contributed by atoms with van der Waals surface area (Å²) in [6.07, 6.45) is 1.84. The third kappa shape index (κ3) is 3.94. The van der Waals surface area contributed by atoms with E-state index >= 15 is 0 Å². The van der Waals surface area contributed by atoms with Crippen molar-refractivity contribution in [2.75, 3.05) is 0 Å². The number of hydrogen-bond donors (Lipinski definition) is 2. The Labute approximate surface area is 111 Å². The molecule has 0 aliphatic carbocycles. The molecule has 0 fully saturated rings. The first kappa shape index (κ1) is 14.9. The Morgan fingerprint density at radius 1 is 1.42 bits per heavy atom. The van der Waals surface area contributed by atoms with Crippen LogP contribution in [-0.4, -0.2) is 27.6 Å². The second kappa shape index (κ2) is 6.17. The van der Waals surface area contributed by atoms with Gasteiger partial charge in [0.2, 0.25) is 0 Å². The smallest absolute Gasteiger partial charge is 0.326 e. The Morgan fingerprint density at radius 3 is 2.58 bits per heavy atom. The maximum Gasteiger partial charge on any atom is 0.326 e. The summed E-state index contributed by atoms with van der Waals surface area (Å²) in [5.74, 6) is -1.64. The van der Waals surface area contributed by atoms with Crippen molar-refractivity contribution in [1.29, 1.82) is 0 Å². The lowest BCUT2D eigenvalue weighted by atomic mass is 10.0. The van der Waals surface area contributed by atoms with Crippen LogP contribution >= 0.6 is 0 Å². The molecule has 0 bridgehead atoms. The molecule has 1 heterocycles. The average molecular weight is 266 g/mol. The van der Waals surface area contributed by atoms with Crippen LogP contribution in [0.1, 0.15) is 30.6 Å². The van der Waals surface area contributed by atoms with Crippen molar-refractivity contribution in [3.63, 3.8) is 0 Å². The van der Waals surface area contributed by atoms with Crippen molar-refractivity contribution in [3.05, 3.63) is 34.2 Å². The average Bonchev–Trinajstić information content (AvgIpc) is 2.31. The van der Waals surface area contributed by atoms with E-state index in [1.165, 1.54) is 23.9 Å². The highest BCUT2D eigenvalue weighted by Crippen LogP contribution is 2.05. The molecule has 6 heteroatoms. The van der Waals surface area contributed by atoms with E-state index in [0.29, 0.717) is 6.42 Å². The zero-order valence-electron chi connectivity index (χ0n) is 11.2. The fourth-order valence-electron chi connectivity index (χ4n) is 1.70. The number of amides is 1. The monoisotopic (exact) mass is 266 g/mol. The molecule has 0 aliphatic rings. The number of carboxylic acids is 1. The molecule has 0 spiro atoms. The molecule has 0 radical (unpaired) electrons. The maximum atomic E-state index is 11.9. The number of nitrogens with one attached hydrogen (secondary N) is 1. The van der Waals surface area contributed by atoms with Gasteiger partial charge in [0.15, 0.2) is 0 Å². The fraction of sp³-hybridized carbons (Fsp3) is 0.462. The summed E-state index contributed by atoms with van der Waals surface area (Å²) >= 11 is 0. The first-order valence-electron chi connectivity index (χ1n) is 6.02. The minimum absolute atomic E-state index is 0.0555. The molecule has 1 amide bonds. The van der Waals surface area contributed by atoms with E-state index in [0.717, 1.165) is 0 Å². The predicted octanol–water partition coefficient (Wildman–Crippen LogP) is 0.614. The van der Waals surface area contributed by atoms with Gasteiger partial charge in [-0.2, -0.15) is 0 Å². The zero-order valence-corrected chi connectivity index (χ0v) is 11.2. The fourth-order valence-corrected chi connectivity index (χ4v) is 1.70. The lowest BCUT2D eigenvalue weighted by Crippen LogP contribution is -2.43. The van der Waals surface area contributed by atoms with Gasteiger partial charge >= 0.3 is 5.97 Å². The SMILES string of the molecule is CC(C)C[C@H](NC(=O)c1cccn(C)c1=O)C(=O)O. The summed E-state index contributed by atoms with van der Waals surface area (Å²) in [6.45, 7) is 3.73. The summed E-state index contributed by atoms with van der Waals surface area (Å²) in [5, 5.41) is 11.4. The van der Waals surface area contributed by atoms with Gasteiger partial charge < -0.3 is 15.0 Å². The van der Waals surface area contributed by atoms with E-state index in [2.05, 4.69) is 5.32 Å². The number of hydrogen-bond acceptors (Lipinski definition) is 3. The minimum atomic E-state index is -1.10. The lowest BCUT2D eigenvalue weighted by Gasteiger charge is -2.16. The third-order valence-corrected chi connectivity index (χ3v) is 2.68. The molecule has 0 unspecified atom stereocenters. The number of aliphatic carboxylic acids is 1. The Balaban J connectivity index is 2.91. The van der Waals surface area contributed by atoms with Gasteiger partial charge in [-0.15, -0.1) is 0 Å². The molecule has 0 saturated heterocycles. The number of pyridine rings is 1. The molecule has 1 atom stereocenters. The van der Waals surface area contributed by atoms with Gasteiger partial charge in [0, 0.05) is 13.2 Å². The van der Waals surface area contributed by atoms with Crippen LogP contribution in [0.4, 0.5) is 0 Å². The maximum absolute atomic E-state index is 11.9. The summed E-state index contributed by atoms with van der Waals surface area (Å²) < 4.78 is 1.27. The second-order valence-electron chi connectivity index (χ2n) is 4.83. The van der Waals surface area contributed by atoms with E-state index in [9.17, 15) is 14.4 Å². The van der Waals surface area contributed by atoms with Gasteiger partial charge in [-0.25, -0.2) is 4.79 Å². The standard InChI is InChI=1S/C13H18N2O4/c1-8(2)7-10(13(18)19)14-11(16)9-5-4-6-15(3)12(9)17/h4-6,8,10H,7H2,1-3H3,(H,14,16)(H,18,19)/t10-/m0/s1. The largest absolute Gasteiger partial charge is 0.480 e. The number of aromatic nitrogens is 1. The highest BCUT2D eigenvalue weighted by Gasteiger charge is 2.22. The third-order valence-electron chi connectivity index (χ3n) is 2.68. The van der Waals surface area contributed by atoms with Crippen molar-refractivity contribution >= 4 is 11.9 Å². The van der Waals surface area contributed by atoms with Crippen molar-refractivity contribution < 1.29 is 14.7 Å². The molecule has 104 valence electrons. The van der Waals surface area contributed by atoms with Crippen LogP contribution in [0, 0.1) is 5.92 Å². The van der Waals surface area contributed by atoms with Gasteiger partial charge in [0.25, 0.3) is 11.5 Å². The number of aryl methyl sites for hydroxylation is 1.